The summed E-state index contributed by atoms with van der Waals surface area (Å²) < 4.78 is 25.5. The van der Waals surface area contributed by atoms with Crippen LogP contribution < -0.4 is 0 Å². The molecule has 630 valence electrons. The highest BCUT2D eigenvalue weighted by Gasteiger charge is 2.25. The van der Waals surface area contributed by atoms with E-state index < -0.39 is 0 Å². The molecule has 4 heterocycles. The third-order valence-corrected chi connectivity index (χ3v) is 28.6. The minimum Gasteiger partial charge on any atom is -0.456 e. The van der Waals surface area contributed by atoms with Crippen molar-refractivity contribution in [3.8, 4) is 77.9 Å². The zero-order valence-corrected chi connectivity index (χ0v) is 73.7. The molecular formula is C132H78O4. The number of hydrogen-bond acceptors (Lipinski definition) is 4. The molecule has 136 heavy (non-hydrogen) atoms. The maximum Gasteiger partial charge on any atom is 0.136 e. The lowest BCUT2D eigenvalue weighted by molar-refractivity contribution is 0.669. The Labute approximate surface area is 780 Å². The number of hydrogen-bond donors (Lipinski definition) is 0. The maximum absolute atomic E-state index is 6.38. The van der Waals surface area contributed by atoms with Gasteiger partial charge in [-0.2, -0.15) is 0 Å². The topological polar surface area (TPSA) is 52.6 Å². The zero-order chi connectivity index (χ0) is 89.2. The Morgan fingerprint density at radius 3 is 0.574 bits per heavy atom. The van der Waals surface area contributed by atoms with Crippen LogP contribution in [-0.2, 0) is 0 Å². The van der Waals surface area contributed by atoms with Crippen LogP contribution in [0.2, 0.25) is 0 Å². The molecule has 0 atom stereocenters. The molecule has 26 aromatic carbocycles. The number of benzene rings is 26. The first-order valence-electron chi connectivity index (χ1n) is 46.7. The lowest BCUT2D eigenvalue weighted by atomic mass is 9.85. The summed E-state index contributed by atoms with van der Waals surface area (Å²) in [6.07, 6.45) is 0. The molecule has 0 aliphatic heterocycles. The van der Waals surface area contributed by atoms with E-state index in [1.165, 1.54) is 207 Å². The second-order valence-corrected chi connectivity index (χ2v) is 36.2. The average Bonchev–Trinajstić information content (AvgIpc) is 1.20. The van der Waals surface area contributed by atoms with E-state index in [0.717, 1.165) is 87.8 Å². The Bertz CT molecular complexity index is 9900. The summed E-state index contributed by atoms with van der Waals surface area (Å²) in [6.45, 7) is 0. The largest absolute Gasteiger partial charge is 0.456 e. The molecule has 30 aromatic rings. The van der Waals surface area contributed by atoms with Crippen LogP contribution in [0.15, 0.2) is 491 Å². The highest BCUT2D eigenvalue weighted by atomic mass is 16.3. The predicted molar refractivity (Wildman–Crippen MR) is 577 cm³/mol. The Balaban J connectivity index is 0.000000101. The predicted octanol–water partition coefficient (Wildman–Crippen LogP) is 38.2. The van der Waals surface area contributed by atoms with Gasteiger partial charge in [-0.25, -0.2) is 0 Å². The molecule has 0 aliphatic rings. The summed E-state index contributed by atoms with van der Waals surface area (Å²) in [4.78, 5) is 0. The molecule has 0 fully saturated rings. The third-order valence-electron chi connectivity index (χ3n) is 28.6. The van der Waals surface area contributed by atoms with Gasteiger partial charge in [-0.3, -0.25) is 0 Å². The van der Waals surface area contributed by atoms with Crippen LogP contribution in [0.25, 0.3) is 295 Å². The van der Waals surface area contributed by atoms with E-state index in [1.807, 2.05) is 0 Å². The summed E-state index contributed by atoms with van der Waals surface area (Å²) in [5, 5.41) is 38.8. The van der Waals surface area contributed by atoms with Gasteiger partial charge in [-0.15, -0.1) is 0 Å². The van der Waals surface area contributed by atoms with Crippen molar-refractivity contribution < 1.29 is 17.7 Å². The van der Waals surface area contributed by atoms with Crippen LogP contribution in [0.5, 0.6) is 0 Å². The van der Waals surface area contributed by atoms with Crippen LogP contribution in [0, 0.1) is 0 Å². The quantitative estimate of drug-likeness (QED) is 0.149. The number of furan rings is 4. The van der Waals surface area contributed by atoms with Crippen molar-refractivity contribution >= 4 is 217 Å². The number of fused-ring (bicyclic) bond motifs is 24. The Hall–Kier alpha value is -18.0. The van der Waals surface area contributed by atoms with Gasteiger partial charge in [-0.1, -0.05) is 370 Å². The van der Waals surface area contributed by atoms with Gasteiger partial charge in [0.05, 0.1) is 0 Å². The summed E-state index contributed by atoms with van der Waals surface area (Å²) in [7, 11) is 0. The molecule has 0 radical (unpaired) electrons. The average molecular weight is 1730 g/mol. The molecule has 4 nitrogen and oxygen atoms in total. The summed E-state index contributed by atoms with van der Waals surface area (Å²) >= 11 is 0. The maximum atomic E-state index is 6.38. The van der Waals surface area contributed by atoms with E-state index in [1.54, 1.807) is 0 Å². The second-order valence-electron chi connectivity index (χ2n) is 36.2. The van der Waals surface area contributed by atoms with Crippen molar-refractivity contribution in [3.63, 3.8) is 0 Å². The normalized spacial score (nSPS) is 12.0. The fraction of sp³-hybridized carbons (Fsp3) is 0. The molecule has 0 saturated carbocycles. The Morgan fingerprint density at radius 1 is 0.0956 bits per heavy atom. The van der Waals surface area contributed by atoms with Gasteiger partial charge >= 0.3 is 0 Å². The standard InChI is InChI=1S/C46H26O2.C46H28O.C40H24O/c1-3-11-29-25-43-39(21-27(29)9-1)37-23-31(17-19-41(37)47-43)45-33-13-5-7-15-35(33)46(36-16-8-6-14-34(36)45)32-18-20-42-38(24-32)40-22-28-10-2-4-12-30(28)26-44(40)48-42;1-2-12-33-28-44-42(26-32(33)11-1)41-27-34(24-25-43(41)47-44)46-39-17-7-5-15-37(39)45(38-16-6-8-18-40(38)46)31-22-20-30(21-23-31)36-19-9-13-29-10-3-4-14-35(29)36;1-2-10-26-21-29(18-17-25(26)9-1)39-31-13-5-7-15-33(31)40(34-16-8-6-14-32(34)39)30-19-20-37-35(23-30)36-22-27-11-3-4-12-28(27)24-38(36)41-37/h1-26H;1-28H;1-24H. The van der Waals surface area contributed by atoms with Crippen LogP contribution in [0.4, 0.5) is 0 Å². The van der Waals surface area contributed by atoms with Gasteiger partial charge in [0.25, 0.3) is 0 Å². The van der Waals surface area contributed by atoms with Crippen molar-refractivity contribution in [1.82, 2.24) is 0 Å². The molecule has 0 unspecified atom stereocenters. The van der Waals surface area contributed by atoms with E-state index in [9.17, 15) is 0 Å². The first-order valence-corrected chi connectivity index (χ1v) is 46.7. The summed E-state index contributed by atoms with van der Waals surface area (Å²) in [6, 6.07) is 171. The Morgan fingerprint density at radius 2 is 0.287 bits per heavy atom. The second kappa shape index (κ2) is 30.8. The number of rotatable bonds is 7. The lowest BCUT2D eigenvalue weighted by Gasteiger charge is -2.18. The molecule has 0 spiro atoms. The lowest BCUT2D eigenvalue weighted by Crippen LogP contribution is -1.91. The molecule has 0 saturated heterocycles. The van der Waals surface area contributed by atoms with Crippen molar-refractivity contribution in [3.05, 3.63) is 473 Å². The smallest absolute Gasteiger partial charge is 0.136 e. The molecule has 30 rings (SSSR count). The molecule has 0 amide bonds. The minimum atomic E-state index is 0.905. The van der Waals surface area contributed by atoms with Crippen LogP contribution >= 0.6 is 0 Å². The molecular weight excluding hydrogens is 1650 g/mol. The van der Waals surface area contributed by atoms with E-state index in [0.29, 0.717) is 0 Å². The van der Waals surface area contributed by atoms with Gasteiger partial charge in [0, 0.05) is 43.1 Å². The van der Waals surface area contributed by atoms with E-state index in [-0.39, 0.29) is 0 Å². The molecule has 0 N–H and O–H groups in total. The fourth-order valence-corrected chi connectivity index (χ4v) is 22.4. The molecule has 4 heteroatoms. The van der Waals surface area contributed by atoms with Crippen molar-refractivity contribution in [1.29, 1.82) is 0 Å². The van der Waals surface area contributed by atoms with Crippen LogP contribution in [0.3, 0.4) is 0 Å². The SMILES string of the molecule is c1ccc2cc(-c3c4ccccc4c(-c4ccc5oc6cc7ccccc7cc6c5c4)c4ccccc34)ccc2c1.c1ccc2cc3c(cc2c1)oc1ccc(-c2c4ccccc4c(-c4ccc(-c5cccc6ccccc56)cc4)c4ccccc24)cc13.c1ccc2cc3c(cc2c1)oc1ccc(-c2c4ccccc4c(-c4ccc5oc6cc7ccccc7cc6c5c4)c4ccccc24)cc13. The molecule has 0 aliphatic carbocycles. The fourth-order valence-electron chi connectivity index (χ4n) is 22.4. The van der Waals surface area contributed by atoms with Crippen molar-refractivity contribution in [2.45, 2.75) is 0 Å². The third kappa shape index (κ3) is 12.5. The monoisotopic (exact) mass is 1730 g/mol. The van der Waals surface area contributed by atoms with Crippen molar-refractivity contribution in [2.75, 3.05) is 0 Å². The first kappa shape index (κ1) is 76.9. The van der Waals surface area contributed by atoms with Gasteiger partial charge in [0.2, 0.25) is 0 Å². The molecule has 4 aromatic heterocycles. The van der Waals surface area contributed by atoms with Crippen molar-refractivity contribution in [2.24, 2.45) is 0 Å². The summed E-state index contributed by atoms with van der Waals surface area (Å²) in [5.41, 5.74) is 24.6. The zero-order valence-electron chi connectivity index (χ0n) is 73.7. The van der Waals surface area contributed by atoms with Gasteiger partial charge in [0.1, 0.15) is 44.7 Å². The van der Waals surface area contributed by atoms with Gasteiger partial charge < -0.3 is 17.7 Å². The van der Waals surface area contributed by atoms with E-state index in [4.69, 9.17) is 17.7 Å². The van der Waals surface area contributed by atoms with E-state index in [2.05, 4.69) is 473 Å². The highest BCUT2D eigenvalue weighted by molar-refractivity contribution is 6.28. The Kier molecular flexibility index (Phi) is 17.4. The summed E-state index contributed by atoms with van der Waals surface area (Å²) in [5.74, 6) is 0. The van der Waals surface area contributed by atoms with Gasteiger partial charge in [0.15, 0.2) is 0 Å². The van der Waals surface area contributed by atoms with Crippen LogP contribution in [-0.4, -0.2) is 0 Å². The first-order chi connectivity index (χ1) is 67.4. The van der Waals surface area contributed by atoms with Crippen LogP contribution in [0.1, 0.15) is 0 Å². The minimum absolute atomic E-state index is 0.905. The van der Waals surface area contributed by atoms with E-state index >= 15 is 0 Å². The molecule has 0 bridgehead atoms. The van der Waals surface area contributed by atoms with Gasteiger partial charge in [-0.05, 0) is 310 Å². The highest BCUT2D eigenvalue weighted by Crippen LogP contribution is 2.52.